The van der Waals surface area contributed by atoms with Gasteiger partial charge in [-0.2, -0.15) is 0 Å². The smallest absolute Gasteiger partial charge is 0.118 e. The molecule has 0 saturated heterocycles. The number of aliphatic hydroxyl groups is 1. The molecule has 1 saturated carbocycles. The molecule has 0 amide bonds. The maximum atomic E-state index is 11.2. The molecule has 0 aromatic heterocycles. The summed E-state index contributed by atoms with van der Waals surface area (Å²) in [6.07, 6.45) is 4.57. The van der Waals surface area contributed by atoms with Gasteiger partial charge >= 0.3 is 0 Å². The molecule has 1 fully saturated rings. The van der Waals surface area contributed by atoms with Gasteiger partial charge in [-0.15, -0.1) is 0 Å². The van der Waals surface area contributed by atoms with E-state index in [1.165, 1.54) is 0 Å². The second-order valence-electron chi connectivity index (χ2n) is 6.04. The molecule has 0 radical (unpaired) electrons. The zero-order valence-corrected chi connectivity index (χ0v) is 12.9. The highest BCUT2D eigenvalue weighted by molar-refractivity contribution is 5.31. The molecule has 112 valence electrons. The Morgan fingerprint density at radius 3 is 2.35 bits per heavy atom. The van der Waals surface area contributed by atoms with Gasteiger partial charge in [-0.1, -0.05) is 31.4 Å². The van der Waals surface area contributed by atoms with E-state index in [2.05, 4.69) is 0 Å². The molecule has 0 bridgehead atoms. The van der Waals surface area contributed by atoms with E-state index in [1.54, 1.807) is 7.11 Å². The van der Waals surface area contributed by atoms with Crippen LogP contribution < -0.4 is 4.74 Å². The third kappa shape index (κ3) is 3.53. The van der Waals surface area contributed by atoms with Gasteiger partial charge < -0.3 is 14.7 Å². The summed E-state index contributed by atoms with van der Waals surface area (Å²) in [5.74, 6) is -0.231. The standard InChI is InChI=1S/C17H27NO2/c1-18(2)13-16(17(19)11-5-4-6-12-17)14-7-9-15(20-3)10-8-14/h7-10,16,19H,4-6,11-13H2,1-3H3/i16D. The molecule has 3 heteroatoms. The van der Waals surface area contributed by atoms with E-state index in [1.807, 2.05) is 43.3 Å². The minimum atomic E-state index is -1.01. The van der Waals surface area contributed by atoms with Gasteiger partial charge in [-0.3, -0.25) is 0 Å². The molecule has 1 atom stereocenters. The van der Waals surface area contributed by atoms with Crippen molar-refractivity contribution in [3.05, 3.63) is 29.8 Å². The van der Waals surface area contributed by atoms with Crippen LogP contribution in [0.25, 0.3) is 0 Å². The van der Waals surface area contributed by atoms with Gasteiger partial charge in [0, 0.05) is 13.8 Å². The lowest BCUT2D eigenvalue weighted by atomic mass is 9.72. The van der Waals surface area contributed by atoms with Gasteiger partial charge in [-0.05, 0) is 44.6 Å². The van der Waals surface area contributed by atoms with Crippen molar-refractivity contribution in [1.82, 2.24) is 4.90 Å². The highest BCUT2D eigenvalue weighted by atomic mass is 16.5. The summed E-state index contributed by atoms with van der Waals surface area (Å²) in [5.41, 5.74) is -0.0919. The van der Waals surface area contributed by atoms with Crippen LogP contribution in [0.15, 0.2) is 24.3 Å². The first-order chi connectivity index (χ1) is 9.91. The van der Waals surface area contributed by atoms with Gasteiger partial charge in [-0.25, -0.2) is 0 Å². The quantitative estimate of drug-likeness (QED) is 0.898. The van der Waals surface area contributed by atoms with Crippen LogP contribution in [-0.2, 0) is 0 Å². The summed E-state index contributed by atoms with van der Waals surface area (Å²) in [6.45, 7) is 0.510. The van der Waals surface area contributed by atoms with Crippen molar-refractivity contribution >= 4 is 0 Å². The minimum Gasteiger partial charge on any atom is -0.497 e. The molecule has 0 spiro atoms. The molecule has 2 rings (SSSR count). The maximum Gasteiger partial charge on any atom is 0.118 e. The molecule has 1 aromatic carbocycles. The summed E-state index contributed by atoms with van der Waals surface area (Å²) in [7, 11) is 5.55. The Bertz CT molecular complexity index is 454. The molecule has 0 aliphatic heterocycles. The zero-order valence-electron chi connectivity index (χ0n) is 13.9. The molecule has 20 heavy (non-hydrogen) atoms. The maximum absolute atomic E-state index is 11.2. The summed E-state index contributed by atoms with van der Waals surface area (Å²) < 4.78 is 14.3. The molecule has 1 aromatic rings. The molecular formula is C17H27NO2. The molecule has 1 aliphatic carbocycles. The first-order valence-corrected chi connectivity index (χ1v) is 7.43. The monoisotopic (exact) mass is 278 g/mol. The Morgan fingerprint density at radius 1 is 1.25 bits per heavy atom. The van der Waals surface area contributed by atoms with Crippen molar-refractivity contribution in [2.45, 2.75) is 43.6 Å². The third-order valence-corrected chi connectivity index (χ3v) is 4.16. The van der Waals surface area contributed by atoms with E-state index in [9.17, 15) is 5.11 Å². The number of nitrogens with zero attached hydrogens (tertiary/aromatic N) is 1. The molecular weight excluding hydrogens is 250 g/mol. The number of hydrogen-bond acceptors (Lipinski definition) is 3. The topological polar surface area (TPSA) is 32.7 Å². The van der Waals surface area contributed by atoms with E-state index in [0.29, 0.717) is 19.4 Å². The Hall–Kier alpha value is -1.06. The first kappa shape index (κ1) is 13.9. The molecule has 0 heterocycles. The second kappa shape index (κ2) is 6.59. The van der Waals surface area contributed by atoms with E-state index in [0.717, 1.165) is 30.6 Å². The lowest BCUT2D eigenvalue weighted by Gasteiger charge is -2.40. The lowest BCUT2D eigenvalue weighted by Crippen LogP contribution is -2.42. The first-order valence-electron chi connectivity index (χ1n) is 7.93. The van der Waals surface area contributed by atoms with Crippen LogP contribution in [0, 0.1) is 0 Å². The van der Waals surface area contributed by atoms with Crippen LogP contribution in [0.4, 0.5) is 0 Å². The van der Waals surface area contributed by atoms with Crippen molar-refractivity contribution in [2.75, 3.05) is 27.7 Å². The van der Waals surface area contributed by atoms with Crippen molar-refractivity contribution in [3.63, 3.8) is 0 Å². The van der Waals surface area contributed by atoms with Crippen LogP contribution >= 0.6 is 0 Å². The van der Waals surface area contributed by atoms with E-state index >= 15 is 0 Å². The number of likely N-dealkylation sites (N-methyl/N-ethyl adjacent to an activating group) is 1. The fourth-order valence-corrected chi connectivity index (χ4v) is 3.05. The summed E-state index contributed by atoms with van der Waals surface area (Å²) >= 11 is 0. The van der Waals surface area contributed by atoms with Crippen LogP contribution in [0.5, 0.6) is 5.75 Å². The van der Waals surface area contributed by atoms with Gasteiger partial charge in [0.15, 0.2) is 0 Å². The number of rotatable bonds is 5. The minimum absolute atomic E-state index is 0.510. The van der Waals surface area contributed by atoms with Crippen molar-refractivity contribution in [2.24, 2.45) is 0 Å². The summed E-state index contributed by atoms with van der Waals surface area (Å²) in [4.78, 5) is 1.99. The number of methoxy groups -OCH3 is 1. The summed E-state index contributed by atoms with van der Waals surface area (Å²) in [5, 5.41) is 11.2. The van der Waals surface area contributed by atoms with E-state index in [-0.39, 0.29) is 0 Å². The fraction of sp³-hybridized carbons (Fsp3) is 0.647. The average Bonchev–Trinajstić information content (AvgIpc) is 2.47. The Kier molecular flexibility index (Phi) is 4.58. The number of ether oxygens (including phenoxy) is 1. The van der Waals surface area contributed by atoms with Crippen LogP contribution in [0.2, 0.25) is 0 Å². The fourth-order valence-electron chi connectivity index (χ4n) is 3.05. The molecule has 1 aliphatic rings. The van der Waals surface area contributed by atoms with Crippen molar-refractivity contribution in [3.8, 4) is 5.75 Å². The van der Waals surface area contributed by atoms with Gasteiger partial charge in [0.1, 0.15) is 5.75 Å². The van der Waals surface area contributed by atoms with E-state index in [4.69, 9.17) is 6.11 Å². The van der Waals surface area contributed by atoms with Gasteiger partial charge in [0.05, 0.1) is 12.7 Å². The Morgan fingerprint density at radius 2 is 1.85 bits per heavy atom. The van der Waals surface area contributed by atoms with Crippen LogP contribution in [-0.4, -0.2) is 43.4 Å². The highest BCUT2D eigenvalue weighted by Gasteiger charge is 2.38. The second-order valence-corrected chi connectivity index (χ2v) is 6.04. The van der Waals surface area contributed by atoms with Crippen molar-refractivity contribution < 1.29 is 11.2 Å². The highest BCUT2D eigenvalue weighted by Crippen LogP contribution is 2.40. The van der Waals surface area contributed by atoms with Crippen LogP contribution in [0.3, 0.4) is 0 Å². The molecule has 3 nitrogen and oxygen atoms in total. The van der Waals surface area contributed by atoms with Crippen molar-refractivity contribution in [1.29, 1.82) is 0 Å². The predicted molar refractivity (Wildman–Crippen MR) is 82.3 cm³/mol. The molecule has 1 unspecified atom stereocenters. The molecule has 1 N–H and O–H groups in total. The largest absolute Gasteiger partial charge is 0.497 e. The normalized spacial score (nSPS) is 22.1. The van der Waals surface area contributed by atoms with Gasteiger partial charge in [0.25, 0.3) is 0 Å². The van der Waals surface area contributed by atoms with E-state index < -0.39 is 11.5 Å². The Labute approximate surface area is 124 Å². The van der Waals surface area contributed by atoms with Gasteiger partial charge in [0.2, 0.25) is 0 Å². The third-order valence-electron chi connectivity index (χ3n) is 4.16. The Balaban J connectivity index is 2.39. The average molecular weight is 278 g/mol. The predicted octanol–water partition coefficient (Wildman–Crippen LogP) is 3.04. The lowest BCUT2D eigenvalue weighted by molar-refractivity contribution is -0.0277. The number of benzene rings is 1. The SMILES string of the molecule is [2H]C(CN(C)C)(c1ccc(OC)cc1)C1(O)CCCCC1. The number of hydrogen-bond donors (Lipinski definition) is 1. The zero-order chi connectivity index (χ0) is 15.5. The summed E-state index contributed by atoms with van der Waals surface area (Å²) in [6, 6.07) is 7.59. The van der Waals surface area contributed by atoms with Crippen LogP contribution in [0.1, 0.15) is 44.9 Å².